The number of alkyl halides is 3. The molecule has 2 heterocycles. The predicted octanol–water partition coefficient (Wildman–Crippen LogP) is 11.2. The van der Waals surface area contributed by atoms with Crippen LogP contribution in [0.1, 0.15) is 58.2 Å². The van der Waals surface area contributed by atoms with Crippen molar-refractivity contribution in [1.29, 1.82) is 0 Å². The molecule has 9 heteroatoms. The van der Waals surface area contributed by atoms with Gasteiger partial charge in [0.15, 0.2) is 0 Å². The minimum absolute atomic E-state index is 0. The van der Waals surface area contributed by atoms with Gasteiger partial charge < -0.3 is 10.1 Å². The molecule has 6 aromatic rings. The Balaban J connectivity index is 0.000000345. The number of hydrogen-bond acceptors (Lipinski definition) is 4. The summed E-state index contributed by atoms with van der Waals surface area (Å²) in [6.07, 6.45) is 1.44. The Morgan fingerprint density at radius 3 is 2.02 bits per heavy atom. The fraction of sp³-hybridized carbons (Fsp3) is 0.268. The number of halogens is 3. The Labute approximate surface area is 304 Å². The molecule has 0 saturated heterocycles. The fourth-order valence-electron chi connectivity index (χ4n) is 5.48. The number of benzene rings is 4. The van der Waals surface area contributed by atoms with Gasteiger partial charge in [0, 0.05) is 49.7 Å². The number of pyridine rings is 1. The molecule has 0 saturated carbocycles. The van der Waals surface area contributed by atoms with E-state index in [2.05, 4.69) is 40.1 Å². The van der Waals surface area contributed by atoms with Crippen LogP contribution in [0.2, 0.25) is 0 Å². The molecular weight excluding hydrogens is 816 g/mol. The summed E-state index contributed by atoms with van der Waals surface area (Å²) < 4.78 is 40.6. The summed E-state index contributed by atoms with van der Waals surface area (Å²) in [6.45, 7) is 15.5. The summed E-state index contributed by atoms with van der Waals surface area (Å²) in [5, 5.41) is 13.7. The van der Waals surface area contributed by atoms with Crippen molar-refractivity contribution in [2.24, 2.45) is 10.8 Å². The topological polar surface area (TPSA) is 80.3 Å². The standard InChI is InChI=1S/C30H19F3N3.C11H20O2.Ir/c1-17-13-18(2)15-21(14-17)27-25-6-4-19-16-20(3-5-22(19)24(25)9-10-34-27)23-7-8-26(30(31,32)33)29-28(23)35-11-12-36-29;1-10(2,3)8(12)7-9(13)11(4,5)6;/h3-14,16H,1-2H3;7,12H,1-6H3;/q-1;;/p+1/b;8-7-;. The minimum Gasteiger partial charge on any atom is -0.511 e. The maximum Gasteiger partial charge on any atom is 0.418 e. The van der Waals surface area contributed by atoms with E-state index in [0.29, 0.717) is 5.56 Å². The second-order valence-electron chi connectivity index (χ2n) is 14.3. The van der Waals surface area contributed by atoms with E-state index in [-0.39, 0.29) is 53.5 Å². The van der Waals surface area contributed by atoms with E-state index in [9.17, 15) is 23.1 Å². The Bertz CT molecular complexity index is 2230. The quantitative estimate of drug-likeness (QED) is 0.0632. The molecule has 2 N–H and O–H groups in total. The van der Waals surface area contributed by atoms with E-state index in [1.54, 1.807) is 6.20 Å². The number of allylic oxidation sites excluding steroid dienone is 2. The minimum atomic E-state index is -4.51. The smallest absolute Gasteiger partial charge is 0.418 e. The fourth-order valence-corrected chi connectivity index (χ4v) is 5.48. The average Bonchev–Trinajstić information content (AvgIpc) is 3.02. The van der Waals surface area contributed by atoms with Crippen molar-refractivity contribution < 1.29 is 43.2 Å². The second kappa shape index (κ2) is 14.4. The molecule has 0 aliphatic rings. The molecule has 0 atom stereocenters. The van der Waals surface area contributed by atoms with E-state index in [4.69, 9.17) is 0 Å². The summed E-state index contributed by atoms with van der Waals surface area (Å²) in [5.41, 5.74) is 4.08. The van der Waals surface area contributed by atoms with E-state index < -0.39 is 11.7 Å². The third-order valence-corrected chi connectivity index (χ3v) is 8.22. The molecular formula is C41H40F3IrN3O2. The average molecular weight is 856 g/mol. The van der Waals surface area contributed by atoms with Gasteiger partial charge in [0.2, 0.25) is 0 Å². The van der Waals surface area contributed by atoms with Crippen LogP contribution in [0.4, 0.5) is 13.2 Å². The zero-order chi connectivity index (χ0) is 35.9. The van der Waals surface area contributed by atoms with Crippen molar-refractivity contribution in [2.45, 2.75) is 61.6 Å². The SMILES string of the molecule is CC(C)(C)C(=[OH+])/C=C(\O)C(C)(C)C.Cc1[c-]c(-c2nccc3c2ccc2cc(-c4ccc(C(F)(F)F)c5nccnc45)ccc23)cc(C)c1.[Ir]. The Hall–Kier alpha value is -4.46. The number of carbonyl (C=O) groups excluding carboxylic acids is 1. The van der Waals surface area contributed by atoms with Gasteiger partial charge in [-0.1, -0.05) is 65.0 Å². The van der Waals surface area contributed by atoms with Crippen molar-refractivity contribution in [2.75, 3.05) is 0 Å². The first-order chi connectivity index (χ1) is 22.8. The van der Waals surface area contributed by atoms with Crippen molar-refractivity contribution >= 4 is 38.4 Å². The van der Waals surface area contributed by atoms with Crippen LogP contribution in [0.3, 0.4) is 0 Å². The summed E-state index contributed by atoms with van der Waals surface area (Å²) in [7, 11) is 0. The number of aromatic nitrogens is 3. The zero-order valence-corrected chi connectivity index (χ0v) is 31.7. The number of rotatable bonds is 3. The number of aliphatic hydroxyl groups excluding tert-OH is 1. The van der Waals surface area contributed by atoms with Crippen molar-refractivity contribution in [3.05, 3.63) is 114 Å². The van der Waals surface area contributed by atoms with Gasteiger partial charge in [0.1, 0.15) is 11.3 Å². The van der Waals surface area contributed by atoms with Gasteiger partial charge in [-0.3, -0.25) is 14.8 Å². The van der Waals surface area contributed by atoms with Crippen LogP contribution in [-0.4, -0.2) is 30.6 Å². The third kappa shape index (κ3) is 8.28. The van der Waals surface area contributed by atoms with Gasteiger partial charge in [0.05, 0.1) is 22.6 Å². The molecule has 1 radical (unpaired) electrons. The molecule has 261 valence electrons. The van der Waals surface area contributed by atoms with Crippen LogP contribution in [0.25, 0.3) is 55.0 Å². The molecule has 0 aliphatic heterocycles. The summed E-state index contributed by atoms with van der Waals surface area (Å²) in [6, 6.07) is 22.1. The molecule has 0 amide bonds. The molecule has 2 aromatic heterocycles. The molecule has 5 nitrogen and oxygen atoms in total. The maximum atomic E-state index is 13.5. The number of aryl methyl sites for hydroxylation is 2. The van der Waals surface area contributed by atoms with E-state index >= 15 is 0 Å². The van der Waals surface area contributed by atoms with Gasteiger partial charge in [-0.15, -0.1) is 34.9 Å². The number of fused-ring (bicyclic) bond motifs is 4. The molecule has 50 heavy (non-hydrogen) atoms. The van der Waals surface area contributed by atoms with E-state index in [1.807, 2.05) is 84.9 Å². The van der Waals surface area contributed by atoms with E-state index in [0.717, 1.165) is 55.6 Å². The molecule has 0 unspecified atom stereocenters. The molecule has 0 spiro atoms. The van der Waals surface area contributed by atoms with Crippen molar-refractivity contribution in [3.8, 4) is 22.4 Å². The van der Waals surface area contributed by atoms with Crippen molar-refractivity contribution in [1.82, 2.24) is 15.0 Å². The van der Waals surface area contributed by atoms with Crippen LogP contribution in [0, 0.1) is 30.7 Å². The second-order valence-corrected chi connectivity index (χ2v) is 14.3. The Morgan fingerprint density at radius 1 is 0.740 bits per heavy atom. The summed E-state index contributed by atoms with van der Waals surface area (Å²) >= 11 is 0. The van der Waals surface area contributed by atoms with Gasteiger partial charge in [0.25, 0.3) is 0 Å². The van der Waals surface area contributed by atoms with Crippen molar-refractivity contribution in [3.63, 3.8) is 0 Å². The molecule has 0 fully saturated rings. The Morgan fingerprint density at radius 2 is 1.40 bits per heavy atom. The van der Waals surface area contributed by atoms with Gasteiger partial charge in [-0.05, 0) is 71.8 Å². The molecule has 4 aromatic carbocycles. The third-order valence-electron chi connectivity index (χ3n) is 8.22. The largest absolute Gasteiger partial charge is 0.511 e. The zero-order valence-electron chi connectivity index (χ0n) is 29.3. The number of hydrogen-bond donors (Lipinski definition) is 1. The molecule has 0 bridgehead atoms. The Kier molecular flexibility index (Phi) is 11.1. The summed E-state index contributed by atoms with van der Waals surface area (Å²) in [4.78, 5) is 22.5. The molecule has 6 rings (SSSR count). The van der Waals surface area contributed by atoms with Crippen LogP contribution >= 0.6 is 0 Å². The maximum absolute atomic E-state index is 13.5. The van der Waals surface area contributed by atoms with Gasteiger partial charge in [-0.2, -0.15) is 13.2 Å². The first-order valence-corrected chi connectivity index (χ1v) is 16.0. The van der Waals surface area contributed by atoms with Gasteiger partial charge >= 0.3 is 12.0 Å². The van der Waals surface area contributed by atoms with Crippen LogP contribution in [-0.2, 0) is 26.3 Å². The van der Waals surface area contributed by atoms with Crippen LogP contribution in [0.15, 0.2) is 91.1 Å². The number of ketones is 1. The first-order valence-electron chi connectivity index (χ1n) is 16.0. The summed E-state index contributed by atoms with van der Waals surface area (Å²) in [5.74, 6) is 0.417. The van der Waals surface area contributed by atoms with Gasteiger partial charge in [-0.25, -0.2) is 0 Å². The van der Waals surface area contributed by atoms with E-state index in [1.165, 1.54) is 24.5 Å². The van der Waals surface area contributed by atoms with Crippen LogP contribution in [0.5, 0.6) is 0 Å². The number of aliphatic hydroxyl groups is 1. The predicted molar refractivity (Wildman–Crippen MR) is 193 cm³/mol. The number of nitrogens with zero attached hydrogens (tertiary/aromatic N) is 3. The molecule has 0 aliphatic carbocycles. The van der Waals surface area contributed by atoms with Crippen LogP contribution < -0.4 is 0 Å². The normalized spacial score (nSPS) is 12.4. The monoisotopic (exact) mass is 856 g/mol. The first kappa shape index (κ1) is 38.3.